The molecule has 27 heavy (non-hydrogen) atoms. The Kier molecular flexibility index (Phi) is 7.33. The molecule has 1 heterocycles. The van der Waals surface area contributed by atoms with Gasteiger partial charge in [0.05, 0.1) is 12.0 Å². The Morgan fingerprint density at radius 3 is 2.44 bits per heavy atom. The fourth-order valence-corrected chi connectivity index (χ4v) is 2.76. The largest absolute Gasteiger partial charge is 0.444 e. The number of hydrogen-bond acceptors (Lipinski definition) is 5. The SMILES string of the molecule is CC(C)(C)OC(=O)N1CCN(C(=O)c2cccc(NCC(O)CCl)c2)CC1. The van der Waals surface area contributed by atoms with Crippen LogP contribution in [0, 0.1) is 0 Å². The molecule has 7 nitrogen and oxygen atoms in total. The van der Waals surface area contributed by atoms with E-state index in [0.29, 0.717) is 38.3 Å². The van der Waals surface area contributed by atoms with Crippen molar-refractivity contribution in [2.24, 2.45) is 0 Å². The van der Waals surface area contributed by atoms with Crippen LogP contribution in [0.25, 0.3) is 0 Å². The number of benzene rings is 1. The van der Waals surface area contributed by atoms with Crippen LogP contribution < -0.4 is 5.32 Å². The van der Waals surface area contributed by atoms with E-state index in [9.17, 15) is 14.7 Å². The Hall–Kier alpha value is -1.99. The number of halogens is 1. The van der Waals surface area contributed by atoms with E-state index in [4.69, 9.17) is 16.3 Å². The third kappa shape index (κ3) is 6.59. The minimum absolute atomic E-state index is 0.0830. The average molecular weight is 398 g/mol. The van der Waals surface area contributed by atoms with Gasteiger partial charge in [-0.1, -0.05) is 6.07 Å². The number of hydrogen-bond donors (Lipinski definition) is 2. The van der Waals surface area contributed by atoms with Gasteiger partial charge in [-0.2, -0.15) is 0 Å². The van der Waals surface area contributed by atoms with E-state index < -0.39 is 11.7 Å². The summed E-state index contributed by atoms with van der Waals surface area (Å²) in [5.41, 5.74) is 0.776. The lowest BCUT2D eigenvalue weighted by Gasteiger charge is -2.35. The van der Waals surface area contributed by atoms with Crippen molar-refractivity contribution in [2.75, 3.05) is 43.9 Å². The second-order valence-electron chi connectivity index (χ2n) is 7.53. The number of nitrogens with one attached hydrogen (secondary N) is 1. The number of rotatable bonds is 5. The van der Waals surface area contributed by atoms with Gasteiger partial charge >= 0.3 is 6.09 Å². The standard InChI is InChI=1S/C19H28ClN3O4/c1-19(2,3)27-18(26)23-9-7-22(8-10-23)17(25)14-5-4-6-15(11-14)21-13-16(24)12-20/h4-6,11,16,21,24H,7-10,12-13H2,1-3H3. The summed E-state index contributed by atoms with van der Waals surface area (Å²) in [6, 6.07) is 7.13. The van der Waals surface area contributed by atoms with Gasteiger partial charge in [-0.3, -0.25) is 4.79 Å². The third-order valence-corrected chi connectivity index (χ3v) is 4.40. The minimum atomic E-state index is -0.646. The third-order valence-electron chi connectivity index (χ3n) is 4.05. The minimum Gasteiger partial charge on any atom is -0.444 e. The number of aliphatic hydroxyl groups is 1. The average Bonchev–Trinajstić information content (AvgIpc) is 2.64. The molecule has 2 rings (SSSR count). The zero-order chi connectivity index (χ0) is 20.0. The Balaban J connectivity index is 1.91. The van der Waals surface area contributed by atoms with Crippen LogP contribution >= 0.6 is 11.6 Å². The number of ether oxygens (including phenoxy) is 1. The molecular weight excluding hydrogens is 370 g/mol. The first kappa shape index (κ1) is 21.3. The van der Waals surface area contributed by atoms with E-state index in [1.165, 1.54) is 0 Å². The first-order valence-corrected chi connectivity index (χ1v) is 9.58. The molecule has 2 amide bonds. The molecule has 1 fully saturated rings. The van der Waals surface area contributed by atoms with Gasteiger partial charge in [0.15, 0.2) is 0 Å². The summed E-state index contributed by atoms with van der Waals surface area (Å²) >= 11 is 5.58. The van der Waals surface area contributed by atoms with E-state index in [1.54, 1.807) is 28.0 Å². The normalized spacial score (nSPS) is 16.0. The summed E-state index contributed by atoms with van der Waals surface area (Å²) in [5.74, 6) is 0.0634. The topological polar surface area (TPSA) is 82.1 Å². The van der Waals surface area contributed by atoms with Gasteiger partial charge < -0.3 is 25.0 Å². The highest BCUT2D eigenvalue weighted by atomic mass is 35.5. The van der Waals surface area contributed by atoms with Gasteiger partial charge in [-0.15, -0.1) is 11.6 Å². The van der Waals surface area contributed by atoms with Gasteiger partial charge in [0, 0.05) is 44.0 Å². The molecule has 150 valence electrons. The summed E-state index contributed by atoms with van der Waals surface area (Å²) in [5, 5.41) is 12.6. The molecule has 1 saturated heterocycles. The predicted octanol–water partition coefficient (Wildman–Crippen LogP) is 2.39. The second-order valence-corrected chi connectivity index (χ2v) is 7.84. The molecule has 8 heteroatoms. The lowest BCUT2D eigenvalue weighted by Crippen LogP contribution is -2.51. The molecule has 0 bridgehead atoms. The van der Waals surface area contributed by atoms with E-state index >= 15 is 0 Å². The van der Waals surface area contributed by atoms with E-state index in [0.717, 1.165) is 5.69 Å². The van der Waals surface area contributed by atoms with Crippen molar-refractivity contribution in [2.45, 2.75) is 32.5 Å². The molecule has 0 radical (unpaired) electrons. The monoisotopic (exact) mass is 397 g/mol. The van der Waals surface area contributed by atoms with Crippen LogP contribution in [0.3, 0.4) is 0 Å². The molecule has 0 spiro atoms. The molecule has 0 aromatic heterocycles. The molecule has 1 atom stereocenters. The van der Waals surface area contributed by atoms with Crippen LogP contribution in [0.15, 0.2) is 24.3 Å². The van der Waals surface area contributed by atoms with Crippen molar-refractivity contribution in [1.29, 1.82) is 0 Å². The molecule has 1 aromatic rings. The zero-order valence-electron chi connectivity index (χ0n) is 16.1. The smallest absolute Gasteiger partial charge is 0.410 e. The van der Waals surface area contributed by atoms with E-state index in [1.807, 2.05) is 26.8 Å². The highest BCUT2D eigenvalue weighted by Crippen LogP contribution is 2.16. The number of carbonyl (C=O) groups excluding carboxylic acids is 2. The van der Waals surface area contributed by atoms with Crippen LogP contribution in [0.4, 0.5) is 10.5 Å². The molecule has 1 aromatic carbocycles. The van der Waals surface area contributed by atoms with Crippen molar-refractivity contribution in [3.63, 3.8) is 0 Å². The Bertz CT molecular complexity index is 655. The maximum Gasteiger partial charge on any atom is 0.410 e. The summed E-state index contributed by atoms with van der Waals surface area (Å²) in [6.45, 7) is 7.62. The zero-order valence-corrected chi connectivity index (χ0v) is 16.8. The Labute approximate surface area is 165 Å². The number of carbonyl (C=O) groups is 2. The lowest BCUT2D eigenvalue weighted by atomic mass is 10.1. The number of nitrogens with zero attached hydrogens (tertiary/aromatic N) is 2. The maximum absolute atomic E-state index is 12.7. The predicted molar refractivity (Wildman–Crippen MR) is 105 cm³/mol. The summed E-state index contributed by atoms with van der Waals surface area (Å²) in [7, 11) is 0. The Morgan fingerprint density at radius 1 is 1.22 bits per heavy atom. The molecule has 2 N–H and O–H groups in total. The van der Waals surface area contributed by atoms with Crippen LogP contribution in [-0.4, -0.2) is 77.2 Å². The lowest BCUT2D eigenvalue weighted by molar-refractivity contribution is 0.0141. The summed E-state index contributed by atoms with van der Waals surface area (Å²) in [6.07, 6.45) is -0.995. The highest BCUT2D eigenvalue weighted by molar-refractivity contribution is 6.18. The van der Waals surface area contributed by atoms with Crippen LogP contribution in [0.1, 0.15) is 31.1 Å². The number of amides is 2. The van der Waals surface area contributed by atoms with Gasteiger partial charge in [-0.25, -0.2) is 4.79 Å². The number of anilines is 1. The van der Waals surface area contributed by atoms with Crippen molar-refractivity contribution < 1.29 is 19.4 Å². The van der Waals surface area contributed by atoms with Crippen molar-refractivity contribution in [3.8, 4) is 0 Å². The van der Waals surface area contributed by atoms with Crippen LogP contribution in [0.2, 0.25) is 0 Å². The van der Waals surface area contributed by atoms with E-state index in [-0.39, 0.29) is 17.9 Å². The van der Waals surface area contributed by atoms with Gasteiger partial charge in [0.25, 0.3) is 5.91 Å². The number of alkyl halides is 1. The van der Waals surface area contributed by atoms with Crippen molar-refractivity contribution >= 4 is 29.3 Å². The quantitative estimate of drug-likeness (QED) is 0.745. The van der Waals surface area contributed by atoms with Crippen molar-refractivity contribution in [1.82, 2.24) is 9.80 Å². The highest BCUT2D eigenvalue weighted by Gasteiger charge is 2.28. The molecule has 1 unspecified atom stereocenters. The van der Waals surface area contributed by atoms with Crippen LogP contribution in [-0.2, 0) is 4.74 Å². The molecule has 0 aliphatic carbocycles. The number of piperazine rings is 1. The Morgan fingerprint density at radius 2 is 1.85 bits per heavy atom. The summed E-state index contributed by atoms with van der Waals surface area (Å²) < 4.78 is 5.37. The first-order chi connectivity index (χ1) is 12.7. The molecule has 1 aliphatic rings. The van der Waals surface area contributed by atoms with Gasteiger partial charge in [0.2, 0.25) is 0 Å². The molecule has 1 aliphatic heterocycles. The van der Waals surface area contributed by atoms with E-state index in [2.05, 4.69) is 5.32 Å². The molecule has 0 saturated carbocycles. The van der Waals surface area contributed by atoms with Crippen LogP contribution in [0.5, 0.6) is 0 Å². The molecular formula is C19H28ClN3O4. The fourth-order valence-electron chi connectivity index (χ4n) is 2.65. The van der Waals surface area contributed by atoms with Crippen molar-refractivity contribution in [3.05, 3.63) is 29.8 Å². The second kappa shape index (κ2) is 9.28. The summed E-state index contributed by atoms with van der Waals surface area (Å²) in [4.78, 5) is 28.2. The van der Waals surface area contributed by atoms with Gasteiger partial charge in [-0.05, 0) is 39.0 Å². The maximum atomic E-state index is 12.7. The fraction of sp³-hybridized carbons (Fsp3) is 0.579. The number of aliphatic hydroxyl groups excluding tert-OH is 1. The van der Waals surface area contributed by atoms with Gasteiger partial charge in [0.1, 0.15) is 5.60 Å². The first-order valence-electron chi connectivity index (χ1n) is 9.05.